The Morgan fingerprint density at radius 3 is 1.77 bits per heavy atom. The fourth-order valence-corrected chi connectivity index (χ4v) is 7.24. The highest BCUT2D eigenvalue weighted by molar-refractivity contribution is 5.98. The van der Waals surface area contributed by atoms with Crippen LogP contribution in [-0.2, 0) is 19.1 Å². The lowest BCUT2D eigenvalue weighted by molar-refractivity contribution is -0.142. The molecule has 232 valence electrons. The first-order chi connectivity index (χ1) is 18.4. The van der Waals surface area contributed by atoms with E-state index in [1.54, 1.807) is 0 Å². The van der Waals surface area contributed by atoms with Crippen LogP contribution >= 0.6 is 0 Å². The Morgan fingerprint density at radius 1 is 0.775 bits per heavy atom. The van der Waals surface area contributed by atoms with Crippen LogP contribution in [-0.4, -0.2) is 61.7 Å². The first-order valence-corrected chi connectivity index (χ1v) is 15.2. The van der Waals surface area contributed by atoms with Gasteiger partial charge in [-0.25, -0.2) is 0 Å². The molecule has 0 spiro atoms. The van der Waals surface area contributed by atoms with E-state index in [1.165, 1.54) is 0 Å². The number of rotatable bonds is 10. The van der Waals surface area contributed by atoms with E-state index >= 15 is 0 Å². The molecule has 4 atom stereocenters. The van der Waals surface area contributed by atoms with Crippen LogP contribution in [0.3, 0.4) is 0 Å². The number of esters is 2. The average molecular weight is 565 g/mol. The van der Waals surface area contributed by atoms with Gasteiger partial charge in [-0.3, -0.25) is 19.6 Å². The van der Waals surface area contributed by atoms with E-state index in [2.05, 4.69) is 46.5 Å². The molecule has 0 aromatic carbocycles. The zero-order chi connectivity index (χ0) is 30.8. The second-order valence-corrected chi connectivity index (χ2v) is 14.6. The lowest BCUT2D eigenvalue weighted by Gasteiger charge is -2.45. The van der Waals surface area contributed by atoms with E-state index in [4.69, 9.17) is 25.9 Å². The summed E-state index contributed by atoms with van der Waals surface area (Å²) < 4.78 is 9.90. The fourth-order valence-electron chi connectivity index (χ4n) is 7.24. The molecule has 4 N–H and O–H groups in total. The van der Waals surface area contributed by atoms with Gasteiger partial charge in [0.05, 0.1) is 32.1 Å². The van der Waals surface area contributed by atoms with Crippen LogP contribution in [0.25, 0.3) is 0 Å². The minimum absolute atomic E-state index is 0.136. The molecule has 2 fully saturated rings. The van der Waals surface area contributed by atoms with E-state index in [-0.39, 0.29) is 45.7 Å². The van der Waals surface area contributed by atoms with Crippen LogP contribution < -0.4 is 11.5 Å². The molecule has 0 saturated heterocycles. The standard InChI is InChI=1S/2C16H30N2O2/c1-6-20-14(19)7-12(2)18-11-16(5)9-13(17)8-15(3,4)10-16;1-6-20-14(19)7-12(2)18-13-8-15(3,4)10-16(5,9-13)11-17/h2*13H,6-11,17H2,1-5H3. The maximum Gasteiger partial charge on any atom is 0.311 e. The lowest BCUT2D eigenvalue weighted by atomic mass is 9.63. The third kappa shape index (κ3) is 13.7. The van der Waals surface area contributed by atoms with Gasteiger partial charge in [0.2, 0.25) is 0 Å². The summed E-state index contributed by atoms with van der Waals surface area (Å²) in [5.41, 5.74) is 14.7. The van der Waals surface area contributed by atoms with Gasteiger partial charge in [0.15, 0.2) is 0 Å². The highest BCUT2D eigenvalue weighted by Crippen LogP contribution is 2.47. The Balaban J connectivity index is 0.000000400. The smallest absolute Gasteiger partial charge is 0.311 e. The number of carbonyl (C=O) groups is 2. The van der Waals surface area contributed by atoms with Gasteiger partial charge in [-0.05, 0) is 94.4 Å². The Labute approximate surface area is 244 Å². The molecule has 0 heterocycles. The number of ether oxygens (including phenoxy) is 2. The largest absolute Gasteiger partial charge is 0.466 e. The average Bonchev–Trinajstić information content (AvgIpc) is 2.75. The summed E-state index contributed by atoms with van der Waals surface area (Å²) in [6.07, 6.45) is 7.00. The van der Waals surface area contributed by atoms with Gasteiger partial charge in [-0.1, -0.05) is 41.5 Å². The molecule has 0 bridgehead atoms. The zero-order valence-electron chi connectivity index (χ0n) is 27.3. The third-order valence-electron chi connectivity index (χ3n) is 7.93. The van der Waals surface area contributed by atoms with Crippen molar-refractivity contribution in [2.75, 3.05) is 26.3 Å². The third-order valence-corrected chi connectivity index (χ3v) is 7.93. The molecule has 0 radical (unpaired) electrons. The van der Waals surface area contributed by atoms with Gasteiger partial charge >= 0.3 is 11.9 Å². The molecular formula is C32H60N4O4. The van der Waals surface area contributed by atoms with Crippen molar-refractivity contribution < 1.29 is 19.1 Å². The number of hydrogen-bond donors (Lipinski definition) is 2. The molecule has 2 saturated carbocycles. The number of nitrogens with two attached hydrogens (primary N) is 2. The zero-order valence-corrected chi connectivity index (χ0v) is 27.3. The Hall–Kier alpha value is -1.80. The number of hydrogen-bond acceptors (Lipinski definition) is 8. The van der Waals surface area contributed by atoms with Gasteiger partial charge in [0, 0.05) is 24.0 Å². The fraction of sp³-hybridized carbons (Fsp3) is 0.875. The molecule has 0 aliphatic heterocycles. The minimum atomic E-state index is -0.195. The topological polar surface area (TPSA) is 129 Å². The number of aliphatic imine (C=N–C) groups is 2. The molecule has 2 aliphatic rings. The molecule has 0 amide bonds. The first kappa shape index (κ1) is 36.2. The predicted molar refractivity (Wildman–Crippen MR) is 166 cm³/mol. The van der Waals surface area contributed by atoms with E-state index in [9.17, 15) is 9.59 Å². The maximum absolute atomic E-state index is 11.5. The van der Waals surface area contributed by atoms with Crippen molar-refractivity contribution in [3.63, 3.8) is 0 Å². The SMILES string of the molecule is CCOC(=O)CC(C)=NC1CC(C)(C)CC(C)(CN)C1.CCOC(=O)CC(C)=NCC1(C)CC(N)CC(C)(C)C1. The van der Waals surface area contributed by atoms with E-state index in [1.807, 2.05) is 27.7 Å². The van der Waals surface area contributed by atoms with E-state index < -0.39 is 0 Å². The van der Waals surface area contributed by atoms with E-state index in [0.29, 0.717) is 32.6 Å². The normalized spacial score (nSPS) is 30.1. The van der Waals surface area contributed by atoms with Crippen molar-refractivity contribution in [2.45, 2.75) is 133 Å². The summed E-state index contributed by atoms with van der Waals surface area (Å²) in [5.74, 6) is -0.384. The molecule has 2 rings (SSSR count). The molecule has 0 aromatic heterocycles. The number of nitrogens with zero attached hydrogens (tertiary/aromatic N) is 2. The monoisotopic (exact) mass is 564 g/mol. The maximum atomic E-state index is 11.5. The summed E-state index contributed by atoms with van der Waals surface area (Å²) >= 11 is 0. The summed E-state index contributed by atoms with van der Waals surface area (Å²) in [4.78, 5) is 32.3. The molecule has 8 nitrogen and oxygen atoms in total. The molecule has 2 aliphatic carbocycles. The number of carbonyl (C=O) groups excluding carboxylic acids is 2. The summed E-state index contributed by atoms with van der Waals surface area (Å²) in [7, 11) is 0. The van der Waals surface area contributed by atoms with Crippen LogP contribution in [0.4, 0.5) is 0 Å². The van der Waals surface area contributed by atoms with Crippen LogP contribution in [0.2, 0.25) is 0 Å². The van der Waals surface area contributed by atoms with E-state index in [0.717, 1.165) is 56.5 Å². The van der Waals surface area contributed by atoms with Crippen molar-refractivity contribution in [1.29, 1.82) is 0 Å². The second kappa shape index (κ2) is 15.4. The molecule has 40 heavy (non-hydrogen) atoms. The van der Waals surface area contributed by atoms with Crippen molar-refractivity contribution in [1.82, 2.24) is 0 Å². The van der Waals surface area contributed by atoms with Crippen molar-refractivity contribution in [2.24, 2.45) is 43.1 Å². The quantitative estimate of drug-likeness (QED) is 0.251. The van der Waals surface area contributed by atoms with Crippen LogP contribution in [0.1, 0.15) is 121 Å². The molecule has 4 unspecified atom stereocenters. The highest BCUT2D eigenvalue weighted by atomic mass is 16.5. The van der Waals surface area contributed by atoms with Crippen molar-refractivity contribution in [3.8, 4) is 0 Å². The molecular weight excluding hydrogens is 504 g/mol. The summed E-state index contributed by atoms with van der Waals surface area (Å²) in [6, 6.07) is 0.519. The van der Waals surface area contributed by atoms with Crippen LogP contribution in [0, 0.1) is 21.7 Å². The second-order valence-electron chi connectivity index (χ2n) is 14.6. The highest BCUT2D eigenvalue weighted by Gasteiger charge is 2.41. The van der Waals surface area contributed by atoms with Crippen LogP contribution in [0.15, 0.2) is 9.98 Å². The van der Waals surface area contributed by atoms with Gasteiger partial charge < -0.3 is 20.9 Å². The van der Waals surface area contributed by atoms with Gasteiger partial charge in [0.25, 0.3) is 0 Å². The summed E-state index contributed by atoms with van der Waals surface area (Å²) in [5, 5.41) is 0. The summed E-state index contributed by atoms with van der Waals surface area (Å²) in [6.45, 7) is 23.4. The molecule has 0 aromatic rings. The van der Waals surface area contributed by atoms with Gasteiger partial charge in [-0.2, -0.15) is 0 Å². The van der Waals surface area contributed by atoms with Crippen LogP contribution in [0.5, 0.6) is 0 Å². The Bertz CT molecular complexity index is 897. The van der Waals surface area contributed by atoms with Gasteiger partial charge in [-0.15, -0.1) is 0 Å². The van der Waals surface area contributed by atoms with Crippen molar-refractivity contribution in [3.05, 3.63) is 0 Å². The Kier molecular flexibility index (Phi) is 14.0. The lowest BCUT2D eigenvalue weighted by Crippen LogP contribution is -2.43. The van der Waals surface area contributed by atoms with Gasteiger partial charge in [0.1, 0.15) is 0 Å². The molecule has 8 heteroatoms. The predicted octanol–water partition coefficient (Wildman–Crippen LogP) is 5.89. The Morgan fingerprint density at radius 2 is 1.27 bits per heavy atom. The van der Waals surface area contributed by atoms with Crippen molar-refractivity contribution >= 4 is 23.4 Å². The minimum Gasteiger partial charge on any atom is -0.466 e. The first-order valence-electron chi connectivity index (χ1n) is 15.2.